The van der Waals surface area contributed by atoms with E-state index in [9.17, 15) is 13.2 Å². The third kappa shape index (κ3) is 3.50. The Kier molecular flexibility index (Phi) is 4.54. The molecule has 8 heteroatoms. The molecule has 1 aromatic carbocycles. The number of carbonyl (C=O) groups is 1. The van der Waals surface area contributed by atoms with Gasteiger partial charge in [-0.3, -0.25) is 0 Å². The second kappa shape index (κ2) is 5.82. The first-order valence-corrected chi connectivity index (χ1v) is 8.96. The number of nitrogens with one attached hydrogen (secondary N) is 1. The first-order valence-electron chi connectivity index (χ1n) is 5.53. The fourth-order valence-corrected chi connectivity index (χ4v) is 5.37. The minimum Gasteiger partial charge on any atom is -0.478 e. The van der Waals surface area contributed by atoms with Crippen LogP contribution in [-0.4, -0.2) is 37.0 Å². The highest BCUT2D eigenvalue weighted by atomic mass is 79.9. The summed E-state index contributed by atoms with van der Waals surface area (Å²) in [5.41, 5.74) is 0.0437. The maximum Gasteiger partial charge on any atom is 0.335 e. The van der Waals surface area contributed by atoms with Crippen LogP contribution < -0.4 is 4.72 Å². The average Bonchev–Trinajstić information content (AvgIpc) is 2.80. The van der Waals surface area contributed by atoms with Gasteiger partial charge in [0, 0.05) is 16.3 Å². The Morgan fingerprint density at radius 2 is 2.21 bits per heavy atom. The molecule has 1 fully saturated rings. The van der Waals surface area contributed by atoms with E-state index < -0.39 is 16.0 Å². The predicted molar refractivity (Wildman–Crippen MR) is 77.2 cm³/mol. The van der Waals surface area contributed by atoms with E-state index in [1.165, 1.54) is 18.2 Å². The van der Waals surface area contributed by atoms with E-state index in [1.54, 1.807) is 11.8 Å². The number of sulfonamides is 1. The Bertz CT molecular complexity index is 597. The van der Waals surface area contributed by atoms with E-state index >= 15 is 0 Å². The number of rotatable bonds is 4. The maximum atomic E-state index is 12.2. The van der Waals surface area contributed by atoms with Crippen molar-refractivity contribution in [2.24, 2.45) is 0 Å². The van der Waals surface area contributed by atoms with E-state index in [0.717, 1.165) is 17.9 Å². The molecule has 1 unspecified atom stereocenters. The van der Waals surface area contributed by atoms with Crippen molar-refractivity contribution >= 4 is 43.7 Å². The third-order valence-corrected chi connectivity index (χ3v) is 6.38. The summed E-state index contributed by atoms with van der Waals surface area (Å²) >= 11 is 4.83. The summed E-state index contributed by atoms with van der Waals surface area (Å²) in [4.78, 5) is 10.9. The first-order chi connectivity index (χ1) is 8.90. The quantitative estimate of drug-likeness (QED) is 0.851. The van der Waals surface area contributed by atoms with Crippen LogP contribution in [0.3, 0.4) is 0 Å². The van der Waals surface area contributed by atoms with Crippen molar-refractivity contribution in [3.8, 4) is 0 Å². The molecule has 0 aromatic heterocycles. The molecule has 19 heavy (non-hydrogen) atoms. The number of aromatic carboxylic acids is 1. The van der Waals surface area contributed by atoms with Crippen LogP contribution in [0.15, 0.2) is 27.6 Å². The van der Waals surface area contributed by atoms with Gasteiger partial charge in [0.05, 0.1) is 10.5 Å². The van der Waals surface area contributed by atoms with Gasteiger partial charge in [0.25, 0.3) is 0 Å². The molecule has 0 aliphatic carbocycles. The third-order valence-electron chi connectivity index (χ3n) is 2.72. The summed E-state index contributed by atoms with van der Waals surface area (Å²) in [6, 6.07) is 3.82. The van der Waals surface area contributed by atoms with Crippen molar-refractivity contribution in [2.45, 2.75) is 17.4 Å². The second-order valence-electron chi connectivity index (χ2n) is 4.13. The van der Waals surface area contributed by atoms with Gasteiger partial charge < -0.3 is 5.11 Å². The Morgan fingerprint density at radius 3 is 2.74 bits per heavy atom. The Hall–Kier alpha value is -0.570. The van der Waals surface area contributed by atoms with Gasteiger partial charge in [-0.15, -0.1) is 0 Å². The zero-order chi connectivity index (χ0) is 14.0. The lowest BCUT2D eigenvalue weighted by molar-refractivity contribution is 0.0696. The van der Waals surface area contributed by atoms with Crippen LogP contribution in [-0.2, 0) is 10.0 Å². The zero-order valence-electron chi connectivity index (χ0n) is 9.80. The van der Waals surface area contributed by atoms with Crippen molar-refractivity contribution in [3.05, 3.63) is 28.2 Å². The summed E-state index contributed by atoms with van der Waals surface area (Å²) in [7, 11) is -3.62. The van der Waals surface area contributed by atoms with E-state index in [2.05, 4.69) is 20.7 Å². The maximum absolute atomic E-state index is 12.2. The Balaban J connectivity index is 2.27. The van der Waals surface area contributed by atoms with Gasteiger partial charge >= 0.3 is 5.97 Å². The van der Waals surface area contributed by atoms with Gasteiger partial charge in [-0.05, 0) is 46.3 Å². The summed E-state index contributed by atoms with van der Waals surface area (Å²) < 4.78 is 27.3. The molecule has 104 valence electrons. The molecule has 2 rings (SSSR count). The molecule has 0 saturated carbocycles. The van der Waals surface area contributed by atoms with E-state index in [0.29, 0.717) is 0 Å². The summed E-state index contributed by atoms with van der Waals surface area (Å²) in [6.45, 7) is 0. The van der Waals surface area contributed by atoms with Crippen molar-refractivity contribution in [3.63, 3.8) is 0 Å². The largest absolute Gasteiger partial charge is 0.478 e. The van der Waals surface area contributed by atoms with Crippen LogP contribution in [0.2, 0.25) is 0 Å². The van der Waals surface area contributed by atoms with Gasteiger partial charge in [-0.1, -0.05) is 0 Å². The average molecular weight is 366 g/mol. The number of hydrogen-bond donors (Lipinski definition) is 2. The topological polar surface area (TPSA) is 83.5 Å². The fourth-order valence-electron chi connectivity index (χ4n) is 1.76. The molecular weight excluding hydrogens is 354 g/mol. The monoisotopic (exact) mass is 365 g/mol. The molecule has 1 atom stereocenters. The predicted octanol–water partition coefficient (Wildman–Crippen LogP) is 1.93. The smallest absolute Gasteiger partial charge is 0.335 e. The van der Waals surface area contributed by atoms with E-state index in [4.69, 9.17) is 5.11 Å². The summed E-state index contributed by atoms with van der Waals surface area (Å²) in [5, 5.41) is 8.84. The molecule has 1 aliphatic rings. The Morgan fingerprint density at radius 1 is 1.47 bits per heavy atom. The van der Waals surface area contributed by atoms with Crippen LogP contribution in [0.4, 0.5) is 0 Å². The standard InChI is InChI=1S/C11H12BrNO4S2/c12-9-5-7(11(14)15)1-2-10(9)19(16,17)13-8-3-4-18-6-8/h1-2,5,8,13H,3-4,6H2,(H,14,15). The zero-order valence-corrected chi connectivity index (χ0v) is 13.0. The number of thioether (sulfide) groups is 1. The van der Waals surface area contributed by atoms with Gasteiger partial charge in [0.1, 0.15) is 0 Å². The molecule has 0 bridgehead atoms. The number of halogens is 1. The van der Waals surface area contributed by atoms with Crippen molar-refractivity contribution < 1.29 is 18.3 Å². The minimum absolute atomic E-state index is 0.0437. The van der Waals surface area contributed by atoms with E-state index in [-0.39, 0.29) is 21.0 Å². The lowest BCUT2D eigenvalue weighted by atomic mass is 10.2. The van der Waals surface area contributed by atoms with Crippen LogP contribution in [0.1, 0.15) is 16.8 Å². The minimum atomic E-state index is -3.62. The SMILES string of the molecule is O=C(O)c1ccc(S(=O)(=O)NC2CCSC2)c(Br)c1. The molecule has 1 heterocycles. The first kappa shape index (κ1) is 14.8. The molecule has 5 nitrogen and oxygen atoms in total. The normalized spacial score (nSPS) is 19.5. The highest BCUT2D eigenvalue weighted by molar-refractivity contribution is 9.10. The lowest BCUT2D eigenvalue weighted by Gasteiger charge is -2.13. The number of hydrogen-bond acceptors (Lipinski definition) is 4. The summed E-state index contributed by atoms with van der Waals surface area (Å²) in [6.07, 6.45) is 0.814. The molecule has 0 spiro atoms. The number of carboxylic acids is 1. The fraction of sp³-hybridized carbons (Fsp3) is 0.364. The summed E-state index contributed by atoms with van der Waals surface area (Å²) in [5.74, 6) is 0.626. The Labute approximate surface area is 124 Å². The van der Waals surface area contributed by atoms with Gasteiger partial charge in [0.15, 0.2) is 0 Å². The number of carboxylic acid groups (broad SMARTS) is 1. The molecule has 1 aliphatic heterocycles. The van der Waals surface area contributed by atoms with Crippen LogP contribution in [0.25, 0.3) is 0 Å². The molecule has 0 amide bonds. The van der Waals surface area contributed by atoms with Crippen LogP contribution in [0, 0.1) is 0 Å². The second-order valence-corrected chi connectivity index (χ2v) is 7.82. The van der Waals surface area contributed by atoms with Gasteiger partial charge in [0.2, 0.25) is 10.0 Å². The molecule has 1 saturated heterocycles. The molecule has 0 radical (unpaired) electrons. The molecule has 2 N–H and O–H groups in total. The van der Waals surface area contributed by atoms with Crippen molar-refractivity contribution in [1.29, 1.82) is 0 Å². The lowest BCUT2D eigenvalue weighted by Crippen LogP contribution is -2.34. The number of benzene rings is 1. The van der Waals surface area contributed by atoms with Crippen molar-refractivity contribution in [2.75, 3.05) is 11.5 Å². The van der Waals surface area contributed by atoms with Gasteiger partial charge in [-0.2, -0.15) is 11.8 Å². The highest BCUT2D eigenvalue weighted by Gasteiger charge is 2.25. The van der Waals surface area contributed by atoms with E-state index in [1.807, 2.05) is 0 Å². The van der Waals surface area contributed by atoms with Crippen LogP contribution >= 0.6 is 27.7 Å². The highest BCUT2D eigenvalue weighted by Crippen LogP contribution is 2.25. The van der Waals surface area contributed by atoms with Crippen molar-refractivity contribution in [1.82, 2.24) is 4.72 Å². The molecule has 1 aromatic rings. The van der Waals surface area contributed by atoms with Gasteiger partial charge in [-0.25, -0.2) is 17.9 Å². The van der Waals surface area contributed by atoms with Crippen LogP contribution in [0.5, 0.6) is 0 Å². The molecular formula is C11H12BrNO4S2.